The van der Waals surface area contributed by atoms with Crippen LogP contribution in [0.15, 0.2) is 0 Å². The first-order chi connectivity index (χ1) is 7.37. The molecule has 0 spiro atoms. The molecule has 1 saturated heterocycles. The maximum absolute atomic E-state index is 11.6. The van der Waals surface area contributed by atoms with Crippen LogP contribution in [0.25, 0.3) is 0 Å². The van der Waals surface area contributed by atoms with Crippen molar-refractivity contribution in [2.24, 2.45) is 5.41 Å². The molecule has 0 radical (unpaired) electrons. The van der Waals surface area contributed by atoms with Crippen molar-refractivity contribution < 1.29 is 9.90 Å². The van der Waals surface area contributed by atoms with Gasteiger partial charge in [0.05, 0.1) is 12.6 Å². The van der Waals surface area contributed by atoms with Crippen LogP contribution in [0.4, 0.5) is 0 Å². The lowest BCUT2D eigenvalue weighted by Gasteiger charge is -2.19. The maximum Gasteiger partial charge on any atom is 0.234 e. The van der Waals surface area contributed by atoms with Gasteiger partial charge in [0.25, 0.3) is 0 Å². The smallest absolute Gasteiger partial charge is 0.234 e. The standard InChI is InChI=1S/C12H24N2O2/c1-12(2,3)5-6-13-11(16)9-14-7-4-10(15)8-14/h10,15H,4-9H2,1-3H3,(H,13,16). The molecule has 0 bridgehead atoms. The zero-order chi connectivity index (χ0) is 12.2. The summed E-state index contributed by atoms with van der Waals surface area (Å²) >= 11 is 0. The predicted octanol–water partition coefficient (Wildman–Crippen LogP) is 0.605. The molecule has 4 heteroatoms. The maximum atomic E-state index is 11.6. The van der Waals surface area contributed by atoms with Crippen molar-refractivity contribution >= 4 is 5.91 Å². The summed E-state index contributed by atoms with van der Waals surface area (Å²) in [6, 6.07) is 0. The average molecular weight is 228 g/mol. The van der Waals surface area contributed by atoms with Crippen LogP contribution in [0.3, 0.4) is 0 Å². The van der Waals surface area contributed by atoms with Gasteiger partial charge in [-0.3, -0.25) is 9.69 Å². The van der Waals surface area contributed by atoms with Gasteiger partial charge < -0.3 is 10.4 Å². The molecule has 1 aliphatic heterocycles. The molecule has 0 aromatic carbocycles. The van der Waals surface area contributed by atoms with Gasteiger partial charge >= 0.3 is 0 Å². The number of nitrogens with zero attached hydrogens (tertiary/aromatic N) is 1. The van der Waals surface area contributed by atoms with E-state index in [-0.39, 0.29) is 17.4 Å². The van der Waals surface area contributed by atoms with Gasteiger partial charge in [-0.2, -0.15) is 0 Å². The lowest BCUT2D eigenvalue weighted by Crippen LogP contribution is -2.37. The molecule has 1 atom stereocenters. The number of rotatable bonds is 4. The lowest BCUT2D eigenvalue weighted by atomic mass is 9.92. The van der Waals surface area contributed by atoms with Crippen LogP contribution < -0.4 is 5.32 Å². The number of carbonyl (C=O) groups is 1. The number of amides is 1. The van der Waals surface area contributed by atoms with Crippen LogP contribution in [-0.4, -0.2) is 48.2 Å². The molecule has 4 nitrogen and oxygen atoms in total. The molecule has 0 aromatic rings. The Balaban J connectivity index is 2.12. The highest BCUT2D eigenvalue weighted by molar-refractivity contribution is 5.78. The second-order valence-corrected chi connectivity index (χ2v) is 5.84. The van der Waals surface area contributed by atoms with E-state index >= 15 is 0 Å². The average Bonchev–Trinajstić information content (AvgIpc) is 2.48. The summed E-state index contributed by atoms with van der Waals surface area (Å²) in [6.07, 6.45) is 1.53. The van der Waals surface area contributed by atoms with Gasteiger partial charge in [-0.25, -0.2) is 0 Å². The van der Waals surface area contributed by atoms with E-state index in [1.54, 1.807) is 0 Å². The van der Waals surface area contributed by atoms with Crippen LogP contribution in [-0.2, 0) is 4.79 Å². The second kappa shape index (κ2) is 5.64. The molecule has 94 valence electrons. The highest BCUT2D eigenvalue weighted by Crippen LogP contribution is 2.16. The molecule has 0 saturated carbocycles. The fourth-order valence-corrected chi connectivity index (χ4v) is 1.79. The van der Waals surface area contributed by atoms with Gasteiger partial charge in [0.1, 0.15) is 0 Å². The molecule has 2 N–H and O–H groups in total. The Morgan fingerprint density at radius 3 is 2.69 bits per heavy atom. The zero-order valence-electron chi connectivity index (χ0n) is 10.6. The number of β-amino-alcohol motifs (C(OH)–C–C–N with tert-alkyl or cyclic N) is 1. The van der Waals surface area contributed by atoms with Crippen LogP contribution in [0.5, 0.6) is 0 Å². The number of hydrogen-bond donors (Lipinski definition) is 2. The van der Waals surface area contributed by atoms with E-state index < -0.39 is 0 Å². The van der Waals surface area contributed by atoms with Gasteiger partial charge in [-0.1, -0.05) is 20.8 Å². The first kappa shape index (κ1) is 13.5. The molecule has 1 amide bonds. The van der Waals surface area contributed by atoms with Crippen molar-refractivity contribution in [2.75, 3.05) is 26.2 Å². The molecule has 1 unspecified atom stereocenters. The SMILES string of the molecule is CC(C)(C)CCNC(=O)CN1CCC(O)C1. The number of carbonyl (C=O) groups excluding carboxylic acids is 1. The first-order valence-electron chi connectivity index (χ1n) is 6.04. The predicted molar refractivity (Wildman–Crippen MR) is 64.1 cm³/mol. The molecule has 0 aliphatic carbocycles. The Bertz CT molecular complexity index is 236. The summed E-state index contributed by atoms with van der Waals surface area (Å²) in [5.41, 5.74) is 0.261. The summed E-state index contributed by atoms with van der Waals surface area (Å²) in [7, 11) is 0. The van der Waals surface area contributed by atoms with E-state index in [0.717, 1.165) is 25.9 Å². The lowest BCUT2D eigenvalue weighted by molar-refractivity contribution is -0.122. The molecule has 1 aliphatic rings. The van der Waals surface area contributed by atoms with Crippen molar-refractivity contribution in [3.63, 3.8) is 0 Å². The Labute approximate surface area is 98.0 Å². The van der Waals surface area contributed by atoms with E-state index in [4.69, 9.17) is 0 Å². The highest BCUT2D eigenvalue weighted by atomic mass is 16.3. The normalized spacial score (nSPS) is 22.4. The number of aliphatic hydroxyl groups is 1. The van der Waals surface area contributed by atoms with Gasteiger partial charge in [0.15, 0.2) is 0 Å². The first-order valence-corrected chi connectivity index (χ1v) is 6.04. The number of aliphatic hydroxyl groups excluding tert-OH is 1. The molecule has 1 heterocycles. The Hall–Kier alpha value is -0.610. The monoisotopic (exact) mass is 228 g/mol. The van der Waals surface area contributed by atoms with E-state index in [1.807, 2.05) is 4.90 Å². The van der Waals surface area contributed by atoms with E-state index in [9.17, 15) is 9.90 Å². The van der Waals surface area contributed by atoms with Gasteiger partial charge in [-0.15, -0.1) is 0 Å². The second-order valence-electron chi connectivity index (χ2n) is 5.84. The van der Waals surface area contributed by atoms with E-state index in [0.29, 0.717) is 13.1 Å². The summed E-state index contributed by atoms with van der Waals surface area (Å²) in [5.74, 6) is 0.0679. The minimum Gasteiger partial charge on any atom is -0.392 e. The molecule has 16 heavy (non-hydrogen) atoms. The van der Waals surface area contributed by atoms with Crippen LogP contribution in [0.1, 0.15) is 33.6 Å². The van der Waals surface area contributed by atoms with E-state index in [2.05, 4.69) is 26.1 Å². The Kier molecular flexibility index (Phi) is 4.74. The Morgan fingerprint density at radius 2 is 2.19 bits per heavy atom. The van der Waals surface area contributed by atoms with Crippen molar-refractivity contribution in [2.45, 2.75) is 39.7 Å². The number of likely N-dealkylation sites (tertiary alicyclic amines) is 1. The molecular weight excluding hydrogens is 204 g/mol. The quantitative estimate of drug-likeness (QED) is 0.741. The summed E-state index contributed by atoms with van der Waals surface area (Å²) in [5, 5.41) is 12.2. The fourth-order valence-electron chi connectivity index (χ4n) is 1.79. The highest BCUT2D eigenvalue weighted by Gasteiger charge is 2.21. The van der Waals surface area contributed by atoms with Crippen molar-refractivity contribution in [1.82, 2.24) is 10.2 Å². The zero-order valence-corrected chi connectivity index (χ0v) is 10.6. The third kappa shape index (κ3) is 5.47. The van der Waals surface area contributed by atoms with Crippen LogP contribution >= 0.6 is 0 Å². The third-order valence-electron chi connectivity index (χ3n) is 2.81. The van der Waals surface area contributed by atoms with Crippen molar-refractivity contribution in [1.29, 1.82) is 0 Å². The number of nitrogens with one attached hydrogen (secondary N) is 1. The Morgan fingerprint density at radius 1 is 1.50 bits per heavy atom. The fraction of sp³-hybridized carbons (Fsp3) is 0.917. The summed E-state index contributed by atoms with van der Waals surface area (Å²) in [4.78, 5) is 13.6. The summed E-state index contributed by atoms with van der Waals surface area (Å²) < 4.78 is 0. The minimum absolute atomic E-state index is 0.0679. The minimum atomic E-state index is -0.248. The topological polar surface area (TPSA) is 52.6 Å². The molecule has 0 aromatic heterocycles. The van der Waals surface area contributed by atoms with Crippen LogP contribution in [0, 0.1) is 5.41 Å². The largest absolute Gasteiger partial charge is 0.392 e. The van der Waals surface area contributed by atoms with Gasteiger partial charge in [0, 0.05) is 19.6 Å². The summed E-state index contributed by atoms with van der Waals surface area (Å²) in [6.45, 7) is 9.10. The molecule has 1 rings (SSSR count). The molecule has 1 fully saturated rings. The van der Waals surface area contributed by atoms with Gasteiger partial charge in [-0.05, 0) is 18.3 Å². The van der Waals surface area contributed by atoms with Crippen molar-refractivity contribution in [3.05, 3.63) is 0 Å². The molecular formula is C12H24N2O2. The van der Waals surface area contributed by atoms with Crippen molar-refractivity contribution in [3.8, 4) is 0 Å². The number of hydrogen-bond acceptors (Lipinski definition) is 3. The van der Waals surface area contributed by atoms with Gasteiger partial charge in [0.2, 0.25) is 5.91 Å². The van der Waals surface area contributed by atoms with Crippen LogP contribution in [0.2, 0.25) is 0 Å². The van der Waals surface area contributed by atoms with E-state index in [1.165, 1.54) is 0 Å². The third-order valence-corrected chi connectivity index (χ3v) is 2.81.